The van der Waals surface area contributed by atoms with Crippen LogP contribution in [0.4, 0.5) is 10.1 Å². The Bertz CT molecular complexity index is 486. The van der Waals surface area contributed by atoms with E-state index < -0.39 is 15.8 Å². The molecule has 1 rings (SSSR count). The van der Waals surface area contributed by atoms with Gasteiger partial charge in [0.2, 0.25) is 10.0 Å². The summed E-state index contributed by atoms with van der Waals surface area (Å²) >= 11 is 0. The summed E-state index contributed by atoms with van der Waals surface area (Å²) in [6, 6.07) is 3.29. The van der Waals surface area contributed by atoms with Crippen LogP contribution < -0.4 is 10.5 Å². The van der Waals surface area contributed by atoms with Crippen molar-refractivity contribution in [2.45, 2.75) is 25.2 Å². The van der Waals surface area contributed by atoms with Crippen LogP contribution >= 0.6 is 0 Å². The SMILES string of the molecule is CC(C)CCNS(=O)(=O)c1cc(F)ccc1N. The Morgan fingerprint density at radius 2 is 2.06 bits per heavy atom. The second-order valence-electron chi connectivity index (χ2n) is 4.26. The topological polar surface area (TPSA) is 72.2 Å². The molecule has 0 unspecified atom stereocenters. The zero-order valence-corrected chi connectivity index (χ0v) is 10.7. The summed E-state index contributed by atoms with van der Waals surface area (Å²) in [7, 11) is -3.72. The number of sulfonamides is 1. The molecule has 4 nitrogen and oxygen atoms in total. The van der Waals surface area contributed by atoms with Crippen molar-refractivity contribution in [1.29, 1.82) is 0 Å². The number of nitrogens with one attached hydrogen (secondary N) is 1. The van der Waals surface area contributed by atoms with Crippen LogP contribution in [-0.4, -0.2) is 15.0 Å². The summed E-state index contributed by atoms with van der Waals surface area (Å²) in [6.07, 6.45) is 0.717. The number of nitrogen functional groups attached to an aromatic ring is 1. The molecular formula is C11H17FN2O2S. The number of nitrogens with two attached hydrogens (primary N) is 1. The van der Waals surface area contributed by atoms with Crippen molar-refractivity contribution >= 4 is 15.7 Å². The van der Waals surface area contributed by atoms with Gasteiger partial charge in [0.05, 0.1) is 5.69 Å². The first-order valence-electron chi connectivity index (χ1n) is 5.37. The van der Waals surface area contributed by atoms with Crippen molar-refractivity contribution in [3.8, 4) is 0 Å². The van der Waals surface area contributed by atoms with Crippen LogP contribution in [0.1, 0.15) is 20.3 Å². The highest BCUT2D eigenvalue weighted by molar-refractivity contribution is 7.89. The minimum atomic E-state index is -3.72. The molecule has 6 heteroatoms. The van der Waals surface area contributed by atoms with E-state index in [-0.39, 0.29) is 10.6 Å². The maximum Gasteiger partial charge on any atom is 0.242 e. The average molecular weight is 260 g/mol. The molecular weight excluding hydrogens is 243 g/mol. The van der Waals surface area contributed by atoms with E-state index >= 15 is 0 Å². The Morgan fingerprint density at radius 1 is 1.41 bits per heavy atom. The Balaban J connectivity index is 2.86. The van der Waals surface area contributed by atoms with Gasteiger partial charge in [0.15, 0.2) is 0 Å². The smallest absolute Gasteiger partial charge is 0.242 e. The Kier molecular flexibility index (Phi) is 4.47. The van der Waals surface area contributed by atoms with Gasteiger partial charge < -0.3 is 5.73 Å². The molecule has 17 heavy (non-hydrogen) atoms. The lowest BCUT2D eigenvalue weighted by molar-refractivity contribution is 0.550. The van der Waals surface area contributed by atoms with Crippen LogP contribution in [0.25, 0.3) is 0 Å². The summed E-state index contributed by atoms with van der Waals surface area (Å²) in [6.45, 7) is 4.30. The van der Waals surface area contributed by atoms with E-state index in [4.69, 9.17) is 5.73 Å². The third-order valence-corrected chi connectivity index (χ3v) is 3.80. The van der Waals surface area contributed by atoms with E-state index in [1.807, 2.05) is 13.8 Å². The van der Waals surface area contributed by atoms with Crippen molar-refractivity contribution in [3.05, 3.63) is 24.0 Å². The first-order chi connectivity index (χ1) is 7.83. The van der Waals surface area contributed by atoms with Crippen LogP contribution in [0.3, 0.4) is 0 Å². The van der Waals surface area contributed by atoms with Gasteiger partial charge in [-0.05, 0) is 30.5 Å². The largest absolute Gasteiger partial charge is 0.398 e. The van der Waals surface area contributed by atoms with Crippen LogP contribution in [0, 0.1) is 11.7 Å². The van der Waals surface area contributed by atoms with Gasteiger partial charge in [-0.15, -0.1) is 0 Å². The number of benzene rings is 1. The van der Waals surface area contributed by atoms with Crippen LogP contribution in [0.15, 0.2) is 23.1 Å². The quantitative estimate of drug-likeness (QED) is 0.792. The second-order valence-corrected chi connectivity index (χ2v) is 6.00. The monoisotopic (exact) mass is 260 g/mol. The highest BCUT2D eigenvalue weighted by atomic mass is 32.2. The molecule has 0 aliphatic heterocycles. The van der Waals surface area contributed by atoms with Gasteiger partial charge in [0, 0.05) is 6.54 Å². The molecule has 1 aromatic carbocycles. The summed E-state index contributed by atoms with van der Waals surface area (Å²) < 4.78 is 39.0. The number of hydrogen-bond acceptors (Lipinski definition) is 3. The van der Waals surface area contributed by atoms with Crippen molar-refractivity contribution in [1.82, 2.24) is 4.72 Å². The first kappa shape index (κ1) is 13.9. The number of anilines is 1. The second kappa shape index (κ2) is 5.46. The molecule has 0 fully saturated rings. The molecule has 3 N–H and O–H groups in total. The van der Waals surface area contributed by atoms with Gasteiger partial charge in [-0.25, -0.2) is 17.5 Å². The van der Waals surface area contributed by atoms with Gasteiger partial charge >= 0.3 is 0 Å². The van der Waals surface area contributed by atoms with E-state index in [9.17, 15) is 12.8 Å². The Labute approximate surface area is 101 Å². The van der Waals surface area contributed by atoms with Crippen molar-refractivity contribution < 1.29 is 12.8 Å². The molecule has 96 valence electrons. The molecule has 1 aromatic rings. The third kappa shape index (κ3) is 3.98. The van der Waals surface area contributed by atoms with Gasteiger partial charge in [-0.1, -0.05) is 13.8 Å². The molecule has 0 radical (unpaired) electrons. The predicted molar refractivity (Wildman–Crippen MR) is 65.5 cm³/mol. The van der Waals surface area contributed by atoms with E-state index in [1.54, 1.807) is 0 Å². The maximum atomic E-state index is 13.0. The molecule has 0 amide bonds. The summed E-state index contributed by atoms with van der Waals surface area (Å²) in [5.74, 6) is -0.231. The molecule has 0 aromatic heterocycles. The standard InChI is InChI=1S/C11H17FN2O2S/c1-8(2)5-6-14-17(15,16)11-7-9(12)3-4-10(11)13/h3-4,7-8,14H,5-6,13H2,1-2H3. The van der Waals surface area contributed by atoms with Gasteiger partial charge in [-0.2, -0.15) is 0 Å². The Hall–Kier alpha value is -1.14. The van der Waals surface area contributed by atoms with Gasteiger partial charge in [-0.3, -0.25) is 0 Å². The first-order valence-corrected chi connectivity index (χ1v) is 6.86. The van der Waals surface area contributed by atoms with Crippen LogP contribution in [0.5, 0.6) is 0 Å². The average Bonchev–Trinajstić information content (AvgIpc) is 2.20. The fraction of sp³-hybridized carbons (Fsp3) is 0.455. The van der Waals surface area contributed by atoms with Crippen molar-refractivity contribution in [2.24, 2.45) is 5.92 Å². The van der Waals surface area contributed by atoms with E-state index in [0.29, 0.717) is 18.9 Å². The molecule has 0 aliphatic carbocycles. The molecule has 0 bridgehead atoms. The zero-order valence-electron chi connectivity index (χ0n) is 9.90. The highest BCUT2D eigenvalue weighted by Gasteiger charge is 2.17. The molecule has 0 spiro atoms. The molecule has 0 atom stereocenters. The van der Waals surface area contributed by atoms with Crippen molar-refractivity contribution in [3.63, 3.8) is 0 Å². The highest BCUT2D eigenvalue weighted by Crippen LogP contribution is 2.19. The van der Waals surface area contributed by atoms with E-state index in [1.165, 1.54) is 6.07 Å². The van der Waals surface area contributed by atoms with E-state index in [2.05, 4.69) is 4.72 Å². The molecule has 0 heterocycles. The summed E-state index contributed by atoms with van der Waals surface area (Å²) in [4.78, 5) is -0.207. The maximum absolute atomic E-state index is 13.0. The molecule has 0 saturated carbocycles. The lowest BCUT2D eigenvalue weighted by Gasteiger charge is -2.10. The fourth-order valence-corrected chi connectivity index (χ4v) is 2.49. The van der Waals surface area contributed by atoms with Crippen molar-refractivity contribution in [2.75, 3.05) is 12.3 Å². The lowest BCUT2D eigenvalue weighted by Crippen LogP contribution is -2.26. The van der Waals surface area contributed by atoms with Crippen LogP contribution in [-0.2, 0) is 10.0 Å². The predicted octanol–water partition coefficient (Wildman–Crippen LogP) is 1.73. The summed E-state index contributed by atoms with van der Waals surface area (Å²) in [5.41, 5.74) is 5.57. The Morgan fingerprint density at radius 3 is 2.65 bits per heavy atom. The van der Waals surface area contributed by atoms with E-state index in [0.717, 1.165) is 12.1 Å². The minimum absolute atomic E-state index is 0.0449. The minimum Gasteiger partial charge on any atom is -0.398 e. The van der Waals surface area contributed by atoms with Gasteiger partial charge in [0.25, 0.3) is 0 Å². The molecule has 0 saturated heterocycles. The van der Waals surface area contributed by atoms with Gasteiger partial charge in [0.1, 0.15) is 10.7 Å². The molecule has 0 aliphatic rings. The number of rotatable bonds is 5. The lowest BCUT2D eigenvalue weighted by atomic mass is 10.1. The number of hydrogen-bond donors (Lipinski definition) is 2. The van der Waals surface area contributed by atoms with Crippen LogP contribution in [0.2, 0.25) is 0 Å². The zero-order chi connectivity index (χ0) is 13.1. The third-order valence-electron chi connectivity index (χ3n) is 2.28. The number of halogens is 1. The normalized spacial score (nSPS) is 12.0. The fourth-order valence-electron chi connectivity index (χ4n) is 1.30. The summed E-state index contributed by atoms with van der Waals surface area (Å²) in [5, 5.41) is 0.